The van der Waals surface area contributed by atoms with E-state index < -0.39 is 5.97 Å². The summed E-state index contributed by atoms with van der Waals surface area (Å²) in [7, 11) is 0. The molecule has 9 heteroatoms. The summed E-state index contributed by atoms with van der Waals surface area (Å²) >= 11 is 1.21. The van der Waals surface area contributed by atoms with Crippen LogP contribution in [0.2, 0.25) is 0 Å². The molecule has 0 atom stereocenters. The second-order valence-electron chi connectivity index (χ2n) is 5.75. The average Bonchev–Trinajstić information content (AvgIpc) is 3.12. The summed E-state index contributed by atoms with van der Waals surface area (Å²) < 4.78 is 6.68. The number of para-hydroxylation sites is 1. The van der Waals surface area contributed by atoms with Gasteiger partial charge in [-0.3, -0.25) is 9.36 Å². The molecule has 0 saturated carbocycles. The number of hydrogen-bond donors (Lipinski definition) is 1. The maximum atomic E-state index is 12.5. The topological polar surface area (TPSA) is 99.0 Å². The van der Waals surface area contributed by atoms with E-state index in [2.05, 4.69) is 20.3 Å². The zero-order valence-corrected chi connectivity index (χ0v) is 16.3. The molecule has 0 aliphatic rings. The molecule has 28 heavy (non-hydrogen) atoms. The van der Waals surface area contributed by atoms with Gasteiger partial charge in [-0.1, -0.05) is 30.0 Å². The molecule has 2 aromatic heterocycles. The molecule has 1 amide bonds. The normalized spacial score (nSPS) is 10.5. The number of amides is 1. The average molecular weight is 397 g/mol. The van der Waals surface area contributed by atoms with Crippen molar-refractivity contribution in [2.24, 2.45) is 0 Å². The number of aromatic nitrogens is 4. The van der Waals surface area contributed by atoms with Crippen LogP contribution in [0.1, 0.15) is 23.0 Å². The lowest BCUT2D eigenvalue weighted by atomic mass is 10.3. The van der Waals surface area contributed by atoms with Gasteiger partial charge >= 0.3 is 5.97 Å². The quantitative estimate of drug-likeness (QED) is 0.372. The van der Waals surface area contributed by atoms with Gasteiger partial charge in [-0.15, -0.1) is 0 Å². The number of carbonyl (C=O) groups is 2. The van der Waals surface area contributed by atoms with Crippen LogP contribution in [0.5, 0.6) is 0 Å². The zero-order valence-electron chi connectivity index (χ0n) is 15.5. The molecule has 0 spiro atoms. The van der Waals surface area contributed by atoms with Crippen LogP contribution >= 0.6 is 11.8 Å². The lowest BCUT2D eigenvalue weighted by molar-refractivity contribution is -0.113. The highest BCUT2D eigenvalue weighted by Gasteiger charge is 2.22. The van der Waals surface area contributed by atoms with Crippen molar-refractivity contribution >= 4 is 29.5 Å². The van der Waals surface area contributed by atoms with Gasteiger partial charge in [0.05, 0.1) is 12.4 Å². The number of benzene rings is 1. The minimum Gasteiger partial charge on any atom is -0.461 e. The van der Waals surface area contributed by atoms with Gasteiger partial charge in [0.25, 0.3) is 0 Å². The minimum absolute atomic E-state index is 0.0515. The van der Waals surface area contributed by atoms with Crippen LogP contribution in [0.3, 0.4) is 0 Å². The van der Waals surface area contributed by atoms with Gasteiger partial charge in [0.2, 0.25) is 5.91 Å². The Bertz CT molecular complexity index is 957. The summed E-state index contributed by atoms with van der Waals surface area (Å²) in [6.07, 6.45) is 4.86. The van der Waals surface area contributed by atoms with Gasteiger partial charge in [-0.05, 0) is 31.5 Å². The summed E-state index contributed by atoms with van der Waals surface area (Å²) in [4.78, 5) is 37.2. The number of rotatable bonds is 7. The van der Waals surface area contributed by atoms with Gasteiger partial charge in [0.15, 0.2) is 16.7 Å². The van der Waals surface area contributed by atoms with Gasteiger partial charge < -0.3 is 10.1 Å². The number of aryl methyl sites for hydroxylation is 1. The molecule has 0 bridgehead atoms. The third-order valence-corrected chi connectivity index (χ3v) is 4.49. The molecule has 144 valence electrons. The van der Waals surface area contributed by atoms with Gasteiger partial charge in [0, 0.05) is 18.1 Å². The largest absolute Gasteiger partial charge is 0.461 e. The maximum absolute atomic E-state index is 12.5. The summed E-state index contributed by atoms with van der Waals surface area (Å²) in [5, 5.41) is 3.27. The number of nitrogens with one attached hydrogen (secondary N) is 1. The Morgan fingerprint density at radius 2 is 1.86 bits per heavy atom. The molecule has 0 fully saturated rings. The molecule has 3 aromatic rings. The van der Waals surface area contributed by atoms with Crippen molar-refractivity contribution in [2.75, 3.05) is 17.7 Å². The van der Waals surface area contributed by atoms with Crippen molar-refractivity contribution in [1.29, 1.82) is 0 Å². The highest BCUT2D eigenvalue weighted by Crippen LogP contribution is 2.22. The lowest BCUT2D eigenvalue weighted by Gasteiger charge is -2.11. The molecule has 3 rings (SSSR count). The number of hydrogen-bond acceptors (Lipinski definition) is 7. The Balaban J connectivity index is 1.80. The maximum Gasteiger partial charge on any atom is 0.360 e. The van der Waals surface area contributed by atoms with Crippen LogP contribution < -0.4 is 5.32 Å². The number of thioether (sulfide) groups is 1. The first-order valence-electron chi connectivity index (χ1n) is 8.59. The molecule has 0 saturated heterocycles. The number of nitrogens with zero attached hydrogens (tertiary/aromatic N) is 4. The highest BCUT2D eigenvalue weighted by molar-refractivity contribution is 7.99. The van der Waals surface area contributed by atoms with Gasteiger partial charge in [-0.25, -0.2) is 19.7 Å². The third-order valence-electron chi connectivity index (χ3n) is 3.62. The van der Waals surface area contributed by atoms with E-state index in [4.69, 9.17) is 4.74 Å². The van der Waals surface area contributed by atoms with Crippen molar-refractivity contribution in [3.05, 3.63) is 60.3 Å². The minimum atomic E-state index is -0.595. The second-order valence-corrected chi connectivity index (χ2v) is 6.69. The van der Waals surface area contributed by atoms with E-state index in [1.54, 1.807) is 23.9 Å². The van der Waals surface area contributed by atoms with E-state index in [1.165, 1.54) is 18.1 Å². The van der Waals surface area contributed by atoms with Crippen LogP contribution in [0.25, 0.3) is 5.69 Å². The SMILES string of the molecule is CCOC(=O)c1ncn(-c2ccccc2)c1NC(=O)CSc1ncc(C)cn1. The fourth-order valence-corrected chi connectivity index (χ4v) is 2.94. The highest BCUT2D eigenvalue weighted by atomic mass is 32.2. The van der Waals surface area contributed by atoms with Crippen LogP contribution in [0.15, 0.2) is 54.2 Å². The molecule has 2 heterocycles. The van der Waals surface area contributed by atoms with Crippen LogP contribution in [-0.4, -0.2) is 43.8 Å². The summed E-state index contributed by atoms with van der Waals surface area (Å²) in [5.74, 6) is -0.551. The first-order chi connectivity index (χ1) is 13.6. The Kier molecular flexibility index (Phi) is 6.38. The van der Waals surface area contributed by atoms with Crippen molar-refractivity contribution in [1.82, 2.24) is 19.5 Å². The van der Waals surface area contributed by atoms with Crippen LogP contribution in [0, 0.1) is 6.92 Å². The molecule has 0 aliphatic carbocycles. The number of carbonyl (C=O) groups excluding carboxylic acids is 2. The Labute approximate surface area is 166 Å². The van der Waals surface area contributed by atoms with E-state index >= 15 is 0 Å². The second kappa shape index (κ2) is 9.14. The van der Waals surface area contributed by atoms with Crippen LogP contribution in [0.4, 0.5) is 5.82 Å². The third kappa shape index (κ3) is 4.74. The summed E-state index contributed by atoms with van der Waals surface area (Å²) in [6.45, 7) is 3.82. The van der Waals surface area contributed by atoms with Gasteiger partial charge in [0.1, 0.15) is 6.33 Å². The fourth-order valence-electron chi connectivity index (χ4n) is 2.35. The lowest BCUT2D eigenvalue weighted by Crippen LogP contribution is -2.19. The molecule has 0 radical (unpaired) electrons. The molecule has 1 N–H and O–H groups in total. The molecular formula is C19H19N5O3S. The Morgan fingerprint density at radius 1 is 1.14 bits per heavy atom. The van der Waals surface area contributed by atoms with E-state index in [1.807, 2.05) is 37.3 Å². The van der Waals surface area contributed by atoms with E-state index in [0.717, 1.165) is 11.3 Å². The van der Waals surface area contributed by atoms with Crippen molar-refractivity contribution < 1.29 is 14.3 Å². The van der Waals surface area contributed by atoms with E-state index in [9.17, 15) is 9.59 Å². The zero-order chi connectivity index (χ0) is 19.9. The summed E-state index contributed by atoms with van der Waals surface area (Å²) in [5.41, 5.74) is 1.76. The van der Waals surface area contributed by atoms with Gasteiger partial charge in [-0.2, -0.15) is 0 Å². The fraction of sp³-hybridized carbons (Fsp3) is 0.211. The first-order valence-corrected chi connectivity index (χ1v) is 9.58. The number of imidazole rings is 1. The van der Waals surface area contributed by atoms with Crippen LogP contribution in [-0.2, 0) is 9.53 Å². The van der Waals surface area contributed by atoms with Crippen molar-refractivity contribution in [3.8, 4) is 5.69 Å². The predicted octanol–water partition coefficient (Wildman–Crippen LogP) is 2.88. The monoisotopic (exact) mass is 397 g/mol. The smallest absolute Gasteiger partial charge is 0.360 e. The van der Waals surface area contributed by atoms with Crippen molar-refractivity contribution in [3.63, 3.8) is 0 Å². The van der Waals surface area contributed by atoms with Crippen molar-refractivity contribution in [2.45, 2.75) is 19.0 Å². The molecular weight excluding hydrogens is 378 g/mol. The molecule has 1 aromatic carbocycles. The molecule has 8 nitrogen and oxygen atoms in total. The number of ether oxygens (including phenoxy) is 1. The first kappa shape index (κ1) is 19.6. The Hall–Kier alpha value is -3.20. The number of anilines is 1. The van der Waals surface area contributed by atoms with E-state index in [0.29, 0.717) is 5.16 Å². The molecule has 0 unspecified atom stereocenters. The van der Waals surface area contributed by atoms with E-state index in [-0.39, 0.29) is 29.8 Å². The Morgan fingerprint density at radius 3 is 2.54 bits per heavy atom. The summed E-state index contributed by atoms with van der Waals surface area (Å²) in [6, 6.07) is 9.29. The molecule has 0 aliphatic heterocycles. The predicted molar refractivity (Wildman–Crippen MR) is 106 cm³/mol. The number of esters is 1. The standard InChI is InChI=1S/C19H19N5O3S/c1-3-27-18(26)16-17(24(12-22-16)14-7-5-4-6-8-14)23-15(25)11-28-19-20-9-13(2)10-21-19/h4-10,12H,3,11H2,1-2H3,(H,23,25).